The van der Waals surface area contributed by atoms with Crippen LogP contribution in [-0.2, 0) is 11.3 Å². The van der Waals surface area contributed by atoms with Crippen molar-refractivity contribution >= 4 is 5.96 Å². The van der Waals surface area contributed by atoms with Crippen LogP contribution in [0.3, 0.4) is 0 Å². The normalized spacial score (nSPS) is 23.5. The number of likely N-dealkylation sites (tertiary alicyclic amines) is 2. The van der Waals surface area contributed by atoms with Gasteiger partial charge in [-0.1, -0.05) is 37.3 Å². The summed E-state index contributed by atoms with van der Waals surface area (Å²) >= 11 is 0. The number of nitrogens with one attached hydrogen (secondary N) is 1. The van der Waals surface area contributed by atoms with Gasteiger partial charge < -0.3 is 19.9 Å². The van der Waals surface area contributed by atoms with Gasteiger partial charge in [0, 0.05) is 38.6 Å². The third kappa shape index (κ3) is 6.49. The van der Waals surface area contributed by atoms with Crippen molar-refractivity contribution < 1.29 is 4.74 Å². The van der Waals surface area contributed by atoms with E-state index in [0.29, 0.717) is 18.4 Å². The average molecular weight is 387 g/mol. The van der Waals surface area contributed by atoms with Gasteiger partial charge in [0.15, 0.2) is 5.96 Å². The Kier molecular flexibility index (Phi) is 8.62. The second-order valence-corrected chi connectivity index (χ2v) is 8.25. The van der Waals surface area contributed by atoms with E-state index in [1.54, 1.807) is 0 Å². The van der Waals surface area contributed by atoms with Crippen LogP contribution in [0.1, 0.15) is 38.7 Å². The lowest BCUT2D eigenvalue weighted by atomic mass is 10.1. The molecular weight excluding hydrogens is 348 g/mol. The fraction of sp³-hybridized carbons (Fsp3) is 0.696. The van der Waals surface area contributed by atoms with E-state index in [1.807, 2.05) is 6.07 Å². The molecule has 1 aromatic rings. The Morgan fingerprint density at radius 1 is 1.11 bits per heavy atom. The third-order valence-electron chi connectivity index (χ3n) is 5.79. The van der Waals surface area contributed by atoms with Crippen molar-refractivity contribution in [3.63, 3.8) is 0 Å². The summed E-state index contributed by atoms with van der Waals surface area (Å²) in [6, 6.07) is 10.4. The maximum Gasteiger partial charge on any atom is 0.193 e. The zero-order chi connectivity index (χ0) is 19.6. The summed E-state index contributed by atoms with van der Waals surface area (Å²) in [5.74, 6) is 2.41. The van der Waals surface area contributed by atoms with Crippen molar-refractivity contribution in [1.29, 1.82) is 0 Å². The summed E-state index contributed by atoms with van der Waals surface area (Å²) in [6.07, 6.45) is 3.73. The molecular formula is C23H38N4O. The van der Waals surface area contributed by atoms with Crippen LogP contribution < -0.4 is 5.32 Å². The van der Waals surface area contributed by atoms with Crippen LogP contribution >= 0.6 is 0 Å². The van der Waals surface area contributed by atoms with Crippen LogP contribution in [-0.4, -0.2) is 68.2 Å². The number of guanidine groups is 1. The highest BCUT2D eigenvalue weighted by molar-refractivity contribution is 5.80. The van der Waals surface area contributed by atoms with Gasteiger partial charge in [-0.3, -0.25) is 4.99 Å². The van der Waals surface area contributed by atoms with Gasteiger partial charge in [0.05, 0.1) is 13.2 Å². The number of rotatable bonds is 9. The topological polar surface area (TPSA) is 40.1 Å². The molecule has 2 aliphatic rings. The molecule has 2 unspecified atom stereocenters. The van der Waals surface area contributed by atoms with Crippen LogP contribution in [0.25, 0.3) is 0 Å². The Balaban J connectivity index is 1.42. The van der Waals surface area contributed by atoms with Crippen LogP contribution in [0, 0.1) is 11.8 Å². The molecule has 3 rings (SSSR count). The van der Waals surface area contributed by atoms with E-state index in [4.69, 9.17) is 9.73 Å². The van der Waals surface area contributed by atoms with E-state index < -0.39 is 0 Å². The molecule has 1 aromatic carbocycles. The van der Waals surface area contributed by atoms with E-state index in [0.717, 1.165) is 38.7 Å². The average Bonchev–Trinajstić information content (AvgIpc) is 3.36. The molecule has 0 spiro atoms. The summed E-state index contributed by atoms with van der Waals surface area (Å²) in [7, 11) is 0. The SMILES string of the molecule is CCCN1CCC(CN=C(NCC)N2CCC(COCc3ccccc3)C2)C1. The molecule has 0 bridgehead atoms. The molecule has 156 valence electrons. The summed E-state index contributed by atoms with van der Waals surface area (Å²) in [5.41, 5.74) is 1.25. The summed E-state index contributed by atoms with van der Waals surface area (Å²) in [6.45, 7) is 13.7. The Bertz CT molecular complexity index is 592. The van der Waals surface area contributed by atoms with Crippen molar-refractivity contribution in [2.24, 2.45) is 16.8 Å². The number of ether oxygens (including phenoxy) is 1. The number of benzene rings is 1. The van der Waals surface area contributed by atoms with Gasteiger partial charge in [-0.2, -0.15) is 0 Å². The second-order valence-electron chi connectivity index (χ2n) is 8.25. The highest BCUT2D eigenvalue weighted by Gasteiger charge is 2.26. The van der Waals surface area contributed by atoms with Crippen LogP contribution in [0.2, 0.25) is 0 Å². The monoisotopic (exact) mass is 386 g/mol. The molecule has 5 heteroatoms. The lowest BCUT2D eigenvalue weighted by Crippen LogP contribution is -2.40. The van der Waals surface area contributed by atoms with Gasteiger partial charge in [-0.05, 0) is 50.8 Å². The van der Waals surface area contributed by atoms with Gasteiger partial charge in [0.25, 0.3) is 0 Å². The largest absolute Gasteiger partial charge is 0.376 e. The molecule has 1 N–H and O–H groups in total. The second kappa shape index (κ2) is 11.4. The van der Waals surface area contributed by atoms with Crippen molar-refractivity contribution in [2.75, 3.05) is 52.4 Å². The molecule has 5 nitrogen and oxygen atoms in total. The zero-order valence-electron chi connectivity index (χ0n) is 17.8. The van der Waals surface area contributed by atoms with E-state index in [1.165, 1.54) is 44.5 Å². The predicted molar refractivity (Wildman–Crippen MR) is 117 cm³/mol. The Labute approximate surface area is 171 Å². The predicted octanol–water partition coefficient (Wildman–Crippen LogP) is 3.22. The first-order valence-corrected chi connectivity index (χ1v) is 11.2. The molecule has 2 saturated heterocycles. The number of aliphatic imine (C=N–C) groups is 1. The molecule has 0 amide bonds. The highest BCUT2D eigenvalue weighted by atomic mass is 16.5. The maximum absolute atomic E-state index is 5.98. The molecule has 0 saturated carbocycles. The van der Waals surface area contributed by atoms with E-state index >= 15 is 0 Å². The molecule has 2 aliphatic heterocycles. The fourth-order valence-electron chi connectivity index (χ4n) is 4.30. The van der Waals surface area contributed by atoms with Gasteiger partial charge in [0.2, 0.25) is 0 Å². The minimum Gasteiger partial charge on any atom is -0.376 e. The molecule has 0 aliphatic carbocycles. The van der Waals surface area contributed by atoms with Crippen molar-refractivity contribution in [2.45, 2.75) is 39.7 Å². The van der Waals surface area contributed by atoms with Gasteiger partial charge in [0.1, 0.15) is 0 Å². The Morgan fingerprint density at radius 2 is 1.93 bits per heavy atom. The first kappa shape index (κ1) is 21.1. The summed E-state index contributed by atoms with van der Waals surface area (Å²) in [4.78, 5) is 10.0. The van der Waals surface area contributed by atoms with Gasteiger partial charge >= 0.3 is 0 Å². The first-order valence-electron chi connectivity index (χ1n) is 11.2. The van der Waals surface area contributed by atoms with E-state index in [2.05, 4.69) is 53.2 Å². The maximum atomic E-state index is 5.98. The Hall–Kier alpha value is -1.59. The van der Waals surface area contributed by atoms with E-state index in [9.17, 15) is 0 Å². The lowest BCUT2D eigenvalue weighted by molar-refractivity contribution is 0.0906. The zero-order valence-corrected chi connectivity index (χ0v) is 17.8. The minimum atomic E-state index is 0.596. The van der Waals surface area contributed by atoms with Crippen LogP contribution in [0.5, 0.6) is 0 Å². The smallest absolute Gasteiger partial charge is 0.193 e. The standard InChI is InChI=1S/C23H38N4O/c1-3-12-26-13-10-21(16-26)15-25-23(24-4-2)27-14-11-22(17-27)19-28-18-20-8-6-5-7-9-20/h5-9,21-22H,3-4,10-19H2,1-2H3,(H,24,25). The van der Waals surface area contributed by atoms with Crippen LogP contribution in [0.4, 0.5) is 0 Å². The summed E-state index contributed by atoms with van der Waals surface area (Å²) in [5, 5.41) is 3.51. The number of hydrogen-bond acceptors (Lipinski definition) is 3. The van der Waals surface area contributed by atoms with Gasteiger partial charge in [-0.25, -0.2) is 0 Å². The molecule has 2 fully saturated rings. The molecule has 2 atom stereocenters. The lowest BCUT2D eigenvalue weighted by Gasteiger charge is -2.22. The van der Waals surface area contributed by atoms with Crippen molar-refractivity contribution in [3.8, 4) is 0 Å². The van der Waals surface area contributed by atoms with Crippen molar-refractivity contribution in [1.82, 2.24) is 15.1 Å². The molecule has 2 heterocycles. The number of nitrogens with zero attached hydrogens (tertiary/aromatic N) is 3. The molecule has 28 heavy (non-hydrogen) atoms. The first-order chi connectivity index (χ1) is 13.8. The summed E-state index contributed by atoms with van der Waals surface area (Å²) < 4.78 is 5.98. The third-order valence-corrected chi connectivity index (χ3v) is 5.79. The highest BCUT2D eigenvalue weighted by Crippen LogP contribution is 2.19. The van der Waals surface area contributed by atoms with Gasteiger partial charge in [-0.15, -0.1) is 0 Å². The number of hydrogen-bond donors (Lipinski definition) is 1. The molecule has 0 radical (unpaired) electrons. The van der Waals surface area contributed by atoms with Crippen LogP contribution in [0.15, 0.2) is 35.3 Å². The minimum absolute atomic E-state index is 0.596. The fourth-order valence-corrected chi connectivity index (χ4v) is 4.30. The van der Waals surface area contributed by atoms with Crippen molar-refractivity contribution in [3.05, 3.63) is 35.9 Å². The van der Waals surface area contributed by atoms with E-state index in [-0.39, 0.29) is 0 Å². The molecule has 0 aromatic heterocycles. The Morgan fingerprint density at radius 3 is 2.71 bits per heavy atom. The quantitative estimate of drug-likeness (QED) is 0.523.